The molecule has 3 aromatic rings. The lowest BCUT2D eigenvalue weighted by atomic mass is 10.1. The molecule has 0 bridgehead atoms. The second kappa shape index (κ2) is 10.3. The highest BCUT2D eigenvalue weighted by molar-refractivity contribution is 6.35. The van der Waals surface area contributed by atoms with Crippen molar-refractivity contribution < 1.29 is 49.7 Å². The van der Waals surface area contributed by atoms with Crippen LogP contribution < -0.4 is 19.5 Å². The molecule has 0 spiro atoms. The Hall–Kier alpha value is -3.45. The molecule has 36 heavy (non-hydrogen) atoms. The molecule has 2 aromatic carbocycles. The highest BCUT2D eigenvalue weighted by Gasteiger charge is 2.38. The van der Waals surface area contributed by atoms with Gasteiger partial charge in [0.1, 0.15) is 22.2 Å². The van der Waals surface area contributed by atoms with E-state index in [0.29, 0.717) is 12.1 Å². The first kappa shape index (κ1) is 27.1. The largest absolute Gasteiger partial charge is 0.573 e. The van der Waals surface area contributed by atoms with Gasteiger partial charge in [-0.3, -0.25) is 4.79 Å². The van der Waals surface area contributed by atoms with Crippen LogP contribution in [0.5, 0.6) is 23.0 Å². The number of hydrogen-bond donors (Lipinski definition) is 1. The third kappa shape index (κ3) is 6.40. The number of alkyl halides is 6. The van der Waals surface area contributed by atoms with Gasteiger partial charge < -0.3 is 19.5 Å². The number of halogens is 9. The average molecular weight is 559 g/mol. The average Bonchev–Trinajstić information content (AvgIpc) is 2.75. The van der Waals surface area contributed by atoms with Gasteiger partial charge >= 0.3 is 12.5 Å². The number of pyridine rings is 1. The first-order valence-corrected chi connectivity index (χ1v) is 10.1. The van der Waals surface area contributed by atoms with E-state index in [1.54, 1.807) is 0 Å². The molecule has 0 radical (unpaired) electrons. The van der Waals surface area contributed by atoms with Gasteiger partial charge in [0.2, 0.25) is 0 Å². The van der Waals surface area contributed by atoms with Crippen LogP contribution in [0.1, 0.15) is 15.9 Å². The molecule has 0 saturated carbocycles. The van der Waals surface area contributed by atoms with Crippen LogP contribution in [0.15, 0.2) is 42.6 Å². The minimum absolute atomic E-state index is 0.137. The number of nitrogens with one attached hydrogen (secondary N) is 1. The fourth-order valence-electron chi connectivity index (χ4n) is 2.82. The molecular weight excluding hydrogens is 548 g/mol. The molecule has 1 amide bonds. The monoisotopic (exact) mass is 558 g/mol. The summed E-state index contributed by atoms with van der Waals surface area (Å²) in [6.45, 7) is 0. The Labute approximate surface area is 207 Å². The molecule has 15 heteroatoms. The van der Waals surface area contributed by atoms with E-state index in [-0.39, 0.29) is 27.4 Å². The SMILES string of the molecule is COc1cc(OC(F)(F)F)ccc1Oc1ccc(C(F)(F)F)c(F)c1C(=O)Nc1cc(Cl)ncc1Cl. The van der Waals surface area contributed by atoms with E-state index >= 15 is 0 Å². The molecule has 3 rings (SSSR count). The first-order chi connectivity index (χ1) is 16.7. The summed E-state index contributed by atoms with van der Waals surface area (Å²) in [6, 6.07) is 4.53. The van der Waals surface area contributed by atoms with Gasteiger partial charge in [-0.2, -0.15) is 13.2 Å². The normalized spacial score (nSPS) is 11.7. The maximum absolute atomic E-state index is 15.0. The van der Waals surface area contributed by atoms with Gasteiger partial charge in [0, 0.05) is 18.3 Å². The second-order valence-corrected chi connectivity index (χ2v) is 7.50. The number of ether oxygens (including phenoxy) is 3. The third-order valence-electron chi connectivity index (χ3n) is 4.29. The Morgan fingerprint density at radius 1 is 0.972 bits per heavy atom. The molecule has 1 aromatic heterocycles. The van der Waals surface area contributed by atoms with Gasteiger partial charge in [0.05, 0.1) is 23.4 Å². The van der Waals surface area contributed by atoms with Crippen molar-refractivity contribution in [3.8, 4) is 23.0 Å². The number of anilines is 1. The number of methoxy groups -OCH3 is 1. The lowest BCUT2D eigenvalue weighted by molar-refractivity contribution is -0.274. The number of hydrogen-bond acceptors (Lipinski definition) is 5. The van der Waals surface area contributed by atoms with Crippen molar-refractivity contribution in [3.63, 3.8) is 0 Å². The van der Waals surface area contributed by atoms with Crippen LogP contribution in [0, 0.1) is 5.82 Å². The number of benzene rings is 2. The van der Waals surface area contributed by atoms with Gasteiger partial charge in [-0.1, -0.05) is 23.2 Å². The van der Waals surface area contributed by atoms with Crippen LogP contribution in [0.3, 0.4) is 0 Å². The predicted octanol–water partition coefficient (Wildman–Crippen LogP) is 7.50. The van der Waals surface area contributed by atoms with Crippen molar-refractivity contribution >= 4 is 34.8 Å². The van der Waals surface area contributed by atoms with E-state index in [1.165, 1.54) is 0 Å². The number of rotatable bonds is 6. The Balaban J connectivity index is 2.07. The van der Waals surface area contributed by atoms with Crippen molar-refractivity contribution in [3.05, 3.63) is 69.7 Å². The van der Waals surface area contributed by atoms with Gasteiger partial charge in [0.15, 0.2) is 17.3 Å². The fraction of sp³-hybridized carbons (Fsp3) is 0.143. The molecular formula is C21H11Cl2F7N2O4. The molecule has 192 valence electrons. The Kier molecular flexibility index (Phi) is 7.74. The highest BCUT2D eigenvalue weighted by atomic mass is 35.5. The van der Waals surface area contributed by atoms with Gasteiger partial charge in [-0.25, -0.2) is 9.37 Å². The van der Waals surface area contributed by atoms with Crippen LogP contribution in [0.2, 0.25) is 10.2 Å². The van der Waals surface area contributed by atoms with Crippen molar-refractivity contribution in [1.29, 1.82) is 0 Å². The van der Waals surface area contributed by atoms with E-state index < -0.39 is 46.9 Å². The summed E-state index contributed by atoms with van der Waals surface area (Å²) in [7, 11) is 1.05. The smallest absolute Gasteiger partial charge is 0.493 e. The molecule has 0 saturated heterocycles. The molecule has 0 unspecified atom stereocenters. The van der Waals surface area contributed by atoms with Gasteiger partial charge in [0.25, 0.3) is 5.91 Å². The van der Waals surface area contributed by atoms with Crippen molar-refractivity contribution in [1.82, 2.24) is 4.98 Å². The number of nitrogens with zero attached hydrogens (tertiary/aromatic N) is 1. The minimum Gasteiger partial charge on any atom is -0.493 e. The number of carbonyl (C=O) groups excluding carboxylic acids is 1. The highest BCUT2D eigenvalue weighted by Crippen LogP contribution is 2.41. The summed E-state index contributed by atoms with van der Waals surface area (Å²) in [5.41, 5.74) is -3.16. The van der Waals surface area contributed by atoms with Crippen molar-refractivity contribution in [2.75, 3.05) is 12.4 Å². The van der Waals surface area contributed by atoms with Crippen LogP contribution in [-0.4, -0.2) is 24.4 Å². The molecule has 6 nitrogen and oxygen atoms in total. The Morgan fingerprint density at radius 3 is 2.25 bits per heavy atom. The van der Waals surface area contributed by atoms with E-state index in [0.717, 1.165) is 37.6 Å². The van der Waals surface area contributed by atoms with Crippen LogP contribution >= 0.6 is 23.2 Å². The topological polar surface area (TPSA) is 69.7 Å². The number of amides is 1. The zero-order valence-corrected chi connectivity index (χ0v) is 19.0. The summed E-state index contributed by atoms with van der Waals surface area (Å²) in [4.78, 5) is 16.5. The standard InChI is InChI=1S/C21H11Cl2F7N2O4/c1-34-15-6-9(36-21(28,29)30)2-4-13(15)35-14-5-3-10(20(25,26)27)18(24)17(14)19(33)32-12-7-16(23)31-8-11(12)22/h2-8H,1H3,(H,31,32,33). The Bertz CT molecular complexity index is 1300. The summed E-state index contributed by atoms with van der Waals surface area (Å²) in [5.74, 6) is -5.55. The van der Waals surface area contributed by atoms with Crippen molar-refractivity contribution in [2.24, 2.45) is 0 Å². The molecule has 0 aliphatic rings. The number of aromatic nitrogens is 1. The van der Waals surface area contributed by atoms with Crippen LogP contribution in [0.4, 0.5) is 36.4 Å². The van der Waals surface area contributed by atoms with E-state index in [9.17, 15) is 35.5 Å². The molecule has 0 aliphatic carbocycles. The van der Waals surface area contributed by atoms with Gasteiger partial charge in [-0.05, 0) is 24.3 Å². The van der Waals surface area contributed by atoms with E-state index in [1.807, 2.05) is 0 Å². The summed E-state index contributed by atoms with van der Waals surface area (Å²) >= 11 is 11.6. The molecule has 1 heterocycles. The lowest BCUT2D eigenvalue weighted by Gasteiger charge is -2.18. The lowest BCUT2D eigenvalue weighted by Crippen LogP contribution is -2.19. The second-order valence-electron chi connectivity index (χ2n) is 6.70. The van der Waals surface area contributed by atoms with E-state index in [2.05, 4.69) is 15.0 Å². The predicted molar refractivity (Wildman–Crippen MR) is 113 cm³/mol. The van der Waals surface area contributed by atoms with E-state index in [4.69, 9.17) is 32.7 Å². The fourth-order valence-corrected chi connectivity index (χ4v) is 3.12. The third-order valence-corrected chi connectivity index (χ3v) is 4.80. The van der Waals surface area contributed by atoms with Crippen LogP contribution in [-0.2, 0) is 6.18 Å². The zero-order valence-electron chi connectivity index (χ0n) is 17.5. The van der Waals surface area contributed by atoms with Gasteiger partial charge in [-0.15, -0.1) is 13.2 Å². The van der Waals surface area contributed by atoms with Crippen molar-refractivity contribution in [2.45, 2.75) is 12.5 Å². The molecule has 0 aliphatic heterocycles. The minimum atomic E-state index is -5.18. The number of carbonyl (C=O) groups is 1. The maximum Gasteiger partial charge on any atom is 0.573 e. The zero-order chi connectivity index (χ0) is 26.8. The maximum atomic E-state index is 15.0. The Morgan fingerprint density at radius 2 is 1.64 bits per heavy atom. The quantitative estimate of drug-likeness (QED) is 0.250. The molecule has 1 N–H and O–H groups in total. The summed E-state index contributed by atoms with van der Waals surface area (Å²) in [6.07, 6.45) is -9.16. The summed E-state index contributed by atoms with van der Waals surface area (Å²) in [5, 5.41) is 1.82. The summed E-state index contributed by atoms with van der Waals surface area (Å²) < 4.78 is 106. The molecule has 0 fully saturated rings. The first-order valence-electron chi connectivity index (χ1n) is 9.33. The van der Waals surface area contributed by atoms with Crippen LogP contribution in [0.25, 0.3) is 0 Å². The molecule has 0 atom stereocenters.